The number of aryl methyl sites for hydroxylation is 2. The molecule has 2 rings (SSSR count). The summed E-state index contributed by atoms with van der Waals surface area (Å²) in [5.41, 5.74) is 2.50. The van der Waals surface area contributed by atoms with E-state index in [1.165, 1.54) is 11.1 Å². The third-order valence-electron chi connectivity index (χ3n) is 2.25. The first-order valence-corrected chi connectivity index (χ1v) is 7.35. The lowest BCUT2D eigenvalue weighted by Gasteiger charge is -2.00. The molecule has 0 fully saturated rings. The Kier molecular flexibility index (Phi) is 15.7. The highest BCUT2D eigenvalue weighted by Crippen LogP contribution is 2.14. The molecular formula is C19H30O. The van der Waals surface area contributed by atoms with E-state index in [0.717, 1.165) is 5.75 Å². The summed E-state index contributed by atoms with van der Waals surface area (Å²) in [5.74, 6) is 0.956. The van der Waals surface area contributed by atoms with Crippen molar-refractivity contribution in [2.45, 2.75) is 41.5 Å². The van der Waals surface area contributed by atoms with Crippen LogP contribution in [0.2, 0.25) is 0 Å². The molecule has 0 radical (unpaired) electrons. The van der Waals surface area contributed by atoms with Gasteiger partial charge in [0.1, 0.15) is 5.75 Å². The second kappa shape index (κ2) is 15.3. The van der Waals surface area contributed by atoms with Gasteiger partial charge in [0.2, 0.25) is 0 Å². The van der Waals surface area contributed by atoms with Crippen LogP contribution in [-0.2, 0) is 0 Å². The summed E-state index contributed by atoms with van der Waals surface area (Å²) >= 11 is 0. The van der Waals surface area contributed by atoms with E-state index in [1.807, 2.05) is 77.1 Å². The number of rotatable bonds is 1. The highest BCUT2D eigenvalue weighted by molar-refractivity contribution is 5.31. The Morgan fingerprint density at radius 3 is 1.40 bits per heavy atom. The van der Waals surface area contributed by atoms with Gasteiger partial charge in [0.25, 0.3) is 0 Å². The van der Waals surface area contributed by atoms with E-state index in [2.05, 4.69) is 19.1 Å². The summed E-state index contributed by atoms with van der Waals surface area (Å²) in [5, 5.41) is 0. The Hall–Kier alpha value is -1.76. The van der Waals surface area contributed by atoms with E-state index in [0.29, 0.717) is 0 Å². The number of ether oxygens (including phenoxy) is 1. The monoisotopic (exact) mass is 274 g/mol. The lowest BCUT2D eigenvalue weighted by Crippen LogP contribution is -1.84. The van der Waals surface area contributed by atoms with Crippen LogP contribution in [-0.4, -0.2) is 7.11 Å². The van der Waals surface area contributed by atoms with Crippen molar-refractivity contribution >= 4 is 0 Å². The minimum Gasteiger partial charge on any atom is -0.496 e. The molecule has 1 nitrogen and oxygen atoms in total. The van der Waals surface area contributed by atoms with E-state index in [9.17, 15) is 0 Å². The zero-order valence-electron chi connectivity index (χ0n) is 14.1. The van der Waals surface area contributed by atoms with Crippen molar-refractivity contribution in [3.63, 3.8) is 0 Å². The van der Waals surface area contributed by atoms with Crippen LogP contribution in [0.15, 0.2) is 54.6 Å². The molecule has 0 atom stereocenters. The highest BCUT2D eigenvalue weighted by atomic mass is 16.5. The molecule has 0 unspecified atom stereocenters. The minimum absolute atomic E-state index is 0.956. The highest BCUT2D eigenvalue weighted by Gasteiger charge is 1.90. The molecule has 0 aliphatic rings. The molecule has 0 saturated carbocycles. The van der Waals surface area contributed by atoms with Gasteiger partial charge in [-0.25, -0.2) is 0 Å². The average Bonchev–Trinajstić information content (AvgIpc) is 2.53. The summed E-state index contributed by atoms with van der Waals surface area (Å²) < 4.78 is 5.04. The van der Waals surface area contributed by atoms with E-state index in [-0.39, 0.29) is 0 Å². The van der Waals surface area contributed by atoms with Crippen LogP contribution < -0.4 is 4.74 Å². The van der Waals surface area contributed by atoms with Crippen LogP contribution in [0.1, 0.15) is 38.8 Å². The second-order valence-electron chi connectivity index (χ2n) is 3.62. The number of methoxy groups -OCH3 is 1. The topological polar surface area (TPSA) is 9.23 Å². The van der Waals surface area contributed by atoms with Crippen molar-refractivity contribution in [1.82, 2.24) is 0 Å². The molecule has 0 amide bonds. The molecule has 0 bridgehead atoms. The van der Waals surface area contributed by atoms with Crippen LogP contribution in [0, 0.1) is 13.8 Å². The number of hydrogen-bond acceptors (Lipinski definition) is 1. The third kappa shape index (κ3) is 10.2. The van der Waals surface area contributed by atoms with E-state index in [1.54, 1.807) is 7.11 Å². The van der Waals surface area contributed by atoms with Gasteiger partial charge in [0.15, 0.2) is 0 Å². The summed E-state index contributed by atoms with van der Waals surface area (Å²) in [6.07, 6.45) is 0. The molecular weight excluding hydrogens is 244 g/mol. The first kappa shape index (κ1) is 20.6. The van der Waals surface area contributed by atoms with Crippen molar-refractivity contribution in [3.05, 3.63) is 65.7 Å². The lowest BCUT2D eigenvalue weighted by molar-refractivity contribution is 0.411. The number of benzene rings is 2. The Balaban J connectivity index is 0. The van der Waals surface area contributed by atoms with Crippen LogP contribution >= 0.6 is 0 Å². The van der Waals surface area contributed by atoms with E-state index < -0.39 is 0 Å². The van der Waals surface area contributed by atoms with Gasteiger partial charge in [-0.2, -0.15) is 0 Å². The first-order valence-electron chi connectivity index (χ1n) is 7.35. The van der Waals surface area contributed by atoms with Gasteiger partial charge >= 0.3 is 0 Å². The van der Waals surface area contributed by atoms with Crippen molar-refractivity contribution in [2.24, 2.45) is 0 Å². The lowest BCUT2D eigenvalue weighted by atomic mass is 10.2. The quantitative estimate of drug-likeness (QED) is 0.615. The summed E-state index contributed by atoms with van der Waals surface area (Å²) in [6, 6.07) is 18.2. The molecule has 0 aromatic heterocycles. The smallest absolute Gasteiger partial charge is 0.121 e. The van der Waals surface area contributed by atoms with Crippen molar-refractivity contribution in [3.8, 4) is 5.75 Å². The van der Waals surface area contributed by atoms with Gasteiger partial charge in [-0.15, -0.1) is 0 Å². The molecule has 2 aromatic carbocycles. The maximum absolute atomic E-state index is 5.04. The zero-order valence-corrected chi connectivity index (χ0v) is 14.1. The van der Waals surface area contributed by atoms with E-state index in [4.69, 9.17) is 4.74 Å². The number of hydrogen-bond donors (Lipinski definition) is 0. The van der Waals surface area contributed by atoms with Crippen LogP contribution in [0.3, 0.4) is 0 Å². The van der Waals surface area contributed by atoms with Crippen molar-refractivity contribution < 1.29 is 4.74 Å². The molecule has 0 N–H and O–H groups in total. The van der Waals surface area contributed by atoms with Crippen LogP contribution in [0.25, 0.3) is 0 Å². The van der Waals surface area contributed by atoms with Crippen molar-refractivity contribution in [1.29, 1.82) is 0 Å². The Bertz CT molecular complexity index is 407. The standard InChI is InChI=1S/C8H10O.C7H8.2C2H6/c1-7-5-3-4-6-8(7)9-2;1-7-5-3-2-4-6-7;2*1-2/h3-6H,1-2H3;2-6H,1H3;2*1-2H3. The molecule has 0 spiro atoms. The maximum Gasteiger partial charge on any atom is 0.121 e. The largest absolute Gasteiger partial charge is 0.496 e. The molecule has 0 saturated heterocycles. The normalized spacial score (nSPS) is 7.75. The second-order valence-corrected chi connectivity index (χ2v) is 3.62. The zero-order chi connectivity index (χ0) is 15.8. The molecule has 0 aliphatic heterocycles. The molecule has 112 valence electrons. The first-order chi connectivity index (χ1) is 9.74. The average molecular weight is 274 g/mol. The summed E-state index contributed by atoms with van der Waals surface area (Å²) in [4.78, 5) is 0. The Morgan fingerprint density at radius 2 is 1.10 bits per heavy atom. The van der Waals surface area contributed by atoms with Gasteiger partial charge in [-0.05, 0) is 25.5 Å². The minimum atomic E-state index is 0.956. The van der Waals surface area contributed by atoms with Crippen molar-refractivity contribution in [2.75, 3.05) is 7.11 Å². The van der Waals surface area contributed by atoms with Crippen LogP contribution in [0.4, 0.5) is 0 Å². The third-order valence-corrected chi connectivity index (χ3v) is 2.25. The summed E-state index contributed by atoms with van der Waals surface area (Å²) in [6.45, 7) is 12.1. The van der Waals surface area contributed by atoms with E-state index >= 15 is 0 Å². The molecule has 0 aliphatic carbocycles. The van der Waals surface area contributed by atoms with Gasteiger partial charge in [0.05, 0.1) is 7.11 Å². The Morgan fingerprint density at radius 1 is 0.650 bits per heavy atom. The molecule has 1 heteroatoms. The molecule has 2 aromatic rings. The van der Waals surface area contributed by atoms with Gasteiger partial charge in [-0.3, -0.25) is 0 Å². The molecule has 20 heavy (non-hydrogen) atoms. The van der Waals surface area contributed by atoms with Gasteiger partial charge < -0.3 is 4.74 Å². The summed E-state index contributed by atoms with van der Waals surface area (Å²) in [7, 11) is 1.68. The SMILES string of the molecule is CC.CC.COc1ccccc1C.Cc1ccccc1. The van der Waals surface area contributed by atoms with Gasteiger partial charge in [0, 0.05) is 0 Å². The fraction of sp³-hybridized carbons (Fsp3) is 0.368. The fourth-order valence-corrected chi connectivity index (χ4v) is 1.32. The fourth-order valence-electron chi connectivity index (χ4n) is 1.32. The van der Waals surface area contributed by atoms with Gasteiger partial charge in [-0.1, -0.05) is 81.8 Å². The number of para-hydroxylation sites is 1. The van der Waals surface area contributed by atoms with Crippen LogP contribution in [0.5, 0.6) is 5.75 Å². The predicted octanol–water partition coefficient (Wildman–Crippen LogP) is 6.05. The Labute approximate surface area is 125 Å². The molecule has 0 heterocycles. The maximum atomic E-state index is 5.04. The predicted molar refractivity (Wildman–Crippen MR) is 91.6 cm³/mol.